The minimum Gasteiger partial charge on any atom is -0.338 e. The highest BCUT2D eigenvalue weighted by Gasteiger charge is 2.10. The zero-order chi connectivity index (χ0) is 17.3. The molecule has 24 heavy (non-hydrogen) atoms. The van der Waals surface area contributed by atoms with Crippen molar-refractivity contribution in [1.82, 2.24) is 9.13 Å². The Morgan fingerprint density at radius 2 is 1.92 bits per heavy atom. The highest BCUT2D eigenvalue weighted by atomic mass is 35.5. The molecule has 2 aromatic heterocycles. The molecule has 6 heteroatoms. The first-order valence-corrected chi connectivity index (χ1v) is 8.11. The van der Waals surface area contributed by atoms with Crippen LogP contribution >= 0.6 is 11.6 Å². The third-order valence-electron chi connectivity index (χ3n) is 4.02. The lowest BCUT2D eigenvalue weighted by molar-refractivity contribution is -0.116. The van der Waals surface area contributed by atoms with Gasteiger partial charge in [-0.2, -0.15) is 0 Å². The monoisotopic (exact) mass is 343 g/mol. The van der Waals surface area contributed by atoms with E-state index in [-0.39, 0.29) is 18.0 Å². The standard InChI is InChI=1S/C18H18ClN3O2/c1-3-21-9-7-16-14(18(21)24)6-8-22(16)11-17(23)20-13-5-4-12(2)15(19)10-13/h4-10H,3,11H2,1-2H3,(H,20,23). The fraction of sp³-hybridized carbons (Fsp3) is 0.222. The van der Waals surface area contributed by atoms with Crippen LogP contribution in [-0.4, -0.2) is 15.0 Å². The molecule has 1 aromatic carbocycles. The largest absolute Gasteiger partial charge is 0.338 e. The lowest BCUT2D eigenvalue weighted by Crippen LogP contribution is -2.20. The maximum absolute atomic E-state index is 12.3. The molecule has 124 valence electrons. The van der Waals surface area contributed by atoms with E-state index in [1.807, 2.05) is 32.0 Å². The van der Waals surface area contributed by atoms with Crippen molar-refractivity contribution in [3.8, 4) is 0 Å². The van der Waals surface area contributed by atoms with Crippen LogP contribution in [0.3, 0.4) is 0 Å². The van der Waals surface area contributed by atoms with Crippen LogP contribution in [0.15, 0.2) is 47.5 Å². The third kappa shape index (κ3) is 3.08. The highest BCUT2D eigenvalue weighted by Crippen LogP contribution is 2.20. The Kier molecular flexibility index (Phi) is 4.44. The minimum atomic E-state index is -0.174. The first kappa shape index (κ1) is 16.3. The fourth-order valence-corrected chi connectivity index (χ4v) is 2.83. The van der Waals surface area contributed by atoms with Gasteiger partial charge in [-0.15, -0.1) is 0 Å². The van der Waals surface area contributed by atoms with Crippen molar-refractivity contribution in [2.75, 3.05) is 5.32 Å². The second-order valence-corrected chi connectivity index (χ2v) is 6.07. The molecule has 3 aromatic rings. The Bertz CT molecular complexity index is 972. The molecule has 1 amide bonds. The van der Waals surface area contributed by atoms with Crippen LogP contribution < -0.4 is 10.9 Å². The van der Waals surface area contributed by atoms with Gasteiger partial charge in [-0.3, -0.25) is 9.59 Å². The molecule has 0 unspecified atom stereocenters. The number of carbonyl (C=O) groups excluding carboxylic acids is 1. The van der Waals surface area contributed by atoms with Crippen molar-refractivity contribution >= 4 is 34.1 Å². The van der Waals surface area contributed by atoms with Gasteiger partial charge in [0.1, 0.15) is 6.54 Å². The van der Waals surface area contributed by atoms with Crippen molar-refractivity contribution < 1.29 is 4.79 Å². The number of aromatic nitrogens is 2. The number of halogens is 1. The lowest BCUT2D eigenvalue weighted by Gasteiger charge is -2.09. The third-order valence-corrected chi connectivity index (χ3v) is 4.43. The van der Waals surface area contributed by atoms with E-state index >= 15 is 0 Å². The van der Waals surface area contributed by atoms with Crippen LogP contribution in [0.4, 0.5) is 5.69 Å². The number of rotatable bonds is 4. The molecule has 0 saturated carbocycles. The normalized spacial score (nSPS) is 11.0. The summed E-state index contributed by atoms with van der Waals surface area (Å²) in [7, 11) is 0. The summed E-state index contributed by atoms with van der Waals surface area (Å²) in [5, 5.41) is 4.05. The van der Waals surface area contributed by atoms with E-state index in [2.05, 4.69) is 5.32 Å². The smallest absolute Gasteiger partial charge is 0.259 e. The van der Waals surface area contributed by atoms with E-state index in [1.165, 1.54) is 0 Å². The minimum absolute atomic E-state index is 0.0422. The number of benzene rings is 1. The number of pyridine rings is 1. The van der Waals surface area contributed by atoms with Crippen molar-refractivity contribution in [1.29, 1.82) is 0 Å². The van der Waals surface area contributed by atoms with Gasteiger partial charge in [0.25, 0.3) is 5.56 Å². The van der Waals surface area contributed by atoms with Crippen LogP contribution in [0.1, 0.15) is 12.5 Å². The number of nitrogens with zero attached hydrogens (tertiary/aromatic N) is 2. The first-order chi connectivity index (χ1) is 11.5. The van der Waals surface area contributed by atoms with Crippen molar-refractivity contribution in [3.05, 3.63) is 63.7 Å². The number of anilines is 1. The van der Waals surface area contributed by atoms with E-state index in [4.69, 9.17) is 11.6 Å². The Labute approximate surface area is 144 Å². The topological polar surface area (TPSA) is 56.0 Å². The summed E-state index contributed by atoms with van der Waals surface area (Å²) in [5.41, 5.74) is 2.32. The molecule has 1 N–H and O–H groups in total. The van der Waals surface area contributed by atoms with Crippen LogP contribution in [0.25, 0.3) is 10.9 Å². The van der Waals surface area contributed by atoms with Crippen molar-refractivity contribution in [3.63, 3.8) is 0 Å². The van der Waals surface area contributed by atoms with E-state index in [0.717, 1.165) is 11.1 Å². The molecule has 0 fully saturated rings. The predicted octanol–water partition coefficient (Wildman–Crippen LogP) is 3.42. The number of aryl methyl sites for hydroxylation is 2. The SMILES string of the molecule is CCn1ccc2c(ccn2CC(=O)Nc2ccc(C)c(Cl)c2)c1=O. The average Bonchev–Trinajstić information content (AvgIpc) is 2.95. The Hall–Kier alpha value is -2.53. The summed E-state index contributed by atoms with van der Waals surface area (Å²) >= 11 is 6.07. The summed E-state index contributed by atoms with van der Waals surface area (Å²) in [5.74, 6) is -0.174. The van der Waals surface area contributed by atoms with E-state index in [9.17, 15) is 9.59 Å². The van der Waals surface area contributed by atoms with Gasteiger partial charge in [0.15, 0.2) is 0 Å². The van der Waals surface area contributed by atoms with Gasteiger partial charge < -0.3 is 14.5 Å². The summed E-state index contributed by atoms with van der Waals surface area (Å²) in [6.07, 6.45) is 3.51. The molecule has 5 nitrogen and oxygen atoms in total. The maximum atomic E-state index is 12.3. The summed E-state index contributed by atoms with van der Waals surface area (Å²) in [6, 6.07) is 9.00. The quantitative estimate of drug-likeness (QED) is 0.789. The molecular weight excluding hydrogens is 326 g/mol. The van der Waals surface area contributed by atoms with Crippen LogP contribution in [0, 0.1) is 6.92 Å². The van der Waals surface area contributed by atoms with Crippen molar-refractivity contribution in [2.24, 2.45) is 0 Å². The van der Waals surface area contributed by atoms with Gasteiger partial charge in [0.05, 0.1) is 10.9 Å². The zero-order valence-corrected chi connectivity index (χ0v) is 14.3. The first-order valence-electron chi connectivity index (χ1n) is 7.74. The van der Waals surface area contributed by atoms with Gasteiger partial charge in [-0.25, -0.2) is 0 Å². The number of fused-ring (bicyclic) bond motifs is 1. The maximum Gasteiger partial charge on any atom is 0.259 e. The fourth-order valence-electron chi connectivity index (χ4n) is 2.65. The lowest BCUT2D eigenvalue weighted by atomic mass is 10.2. The molecule has 0 radical (unpaired) electrons. The van der Waals surface area contributed by atoms with Gasteiger partial charge in [0.2, 0.25) is 5.91 Å². The van der Waals surface area contributed by atoms with Crippen LogP contribution in [0.5, 0.6) is 0 Å². The van der Waals surface area contributed by atoms with E-state index in [0.29, 0.717) is 22.6 Å². The molecule has 0 aliphatic heterocycles. The van der Waals surface area contributed by atoms with Gasteiger partial charge >= 0.3 is 0 Å². The second kappa shape index (κ2) is 6.53. The number of amides is 1. The summed E-state index contributed by atoms with van der Waals surface area (Å²) in [4.78, 5) is 24.5. The summed E-state index contributed by atoms with van der Waals surface area (Å²) < 4.78 is 3.41. The van der Waals surface area contributed by atoms with Gasteiger partial charge in [0, 0.05) is 29.6 Å². The Balaban J connectivity index is 1.82. The molecule has 0 spiro atoms. The molecule has 2 heterocycles. The highest BCUT2D eigenvalue weighted by molar-refractivity contribution is 6.31. The van der Waals surface area contributed by atoms with Gasteiger partial charge in [-0.1, -0.05) is 17.7 Å². The predicted molar refractivity (Wildman–Crippen MR) is 96.7 cm³/mol. The number of hydrogen-bond donors (Lipinski definition) is 1. The zero-order valence-electron chi connectivity index (χ0n) is 13.5. The Morgan fingerprint density at radius 1 is 1.17 bits per heavy atom. The van der Waals surface area contributed by atoms with E-state index in [1.54, 1.807) is 33.7 Å². The molecule has 0 saturated heterocycles. The molecule has 0 bridgehead atoms. The van der Waals surface area contributed by atoms with Crippen molar-refractivity contribution in [2.45, 2.75) is 26.9 Å². The van der Waals surface area contributed by atoms with Gasteiger partial charge in [-0.05, 0) is 43.7 Å². The number of hydrogen-bond acceptors (Lipinski definition) is 2. The molecule has 0 aliphatic carbocycles. The molecule has 3 rings (SSSR count). The van der Waals surface area contributed by atoms with Crippen LogP contribution in [-0.2, 0) is 17.9 Å². The number of carbonyl (C=O) groups is 1. The molecule has 0 aliphatic rings. The Morgan fingerprint density at radius 3 is 2.62 bits per heavy atom. The molecule has 0 atom stereocenters. The average molecular weight is 344 g/mol. The number of nitrogens with one attached hydrogen (secondary N) is 1. The summed E-state index contributed by atoms with van der Waals surface area (Å²) in [6.45, 7) is 4.58. The molecular formula is C18H18ClN3O2. The van der Waals surface area contributed by atoms with E-state index < -0.39 is 0 Å². The van der Waals surface area contributed by atoms with Crippen LogP contribution in [0.2, 0.25) is 5.02 Å². The second-order valence-electron chi connectivity index (χ2n) is 5.66.